The molecule has 1 aliphatic carbocycles. The molecule has 1 heterocycles. The van der Waals surface area contributed by atoms with Gasteiger partial charge in [0.15, 0.2) is 0 Å². The molecule has 0 aliphatic heterocycles. The number of hydrogen-bond donors (Lipinski definition) is 1. The van der Waals surface area contributed by atoms with E-state index in [4.69, 9.17) is 4.74 Å². The van der Waals surface area contributed by atoms with Crippen molar-refractivity contribution >= 4 is 0 Å². The van der Waals surface area contributed by atoms with Crippen LogP contribution in [0.1, 0.15) is 25.0 Å². The van der Waals surface area contributed by atoms with Crippen LogP contribution in [0.2, 0.25) is 0 Å². The standard InChI is InChI=1S/C10H18N4O/c1-14-9(7-12-13-14)6-11-8-3-4-10(5-8)15-2/h7-8,10-11H,3-6H2,1-2H3. The molecule has 2 atom stereocenters. The van der Waals surface area contributed by atoms with Gasteiger partial charge in [-0.25, -0.2) is 0 Å². The molecule has 15 heavy (non-hydrogen) atoms. The van der Waals surface area contributed by atoms with Gasteiger partial charge in [0, 0.05) is 26.7 Å². The fraction of sp³-hybridized carbons (Fsp3) is 0.800. The summed E-state index contributed by atoms with van der Waals surface area (Å²) in [7, 11) is 3.70. The molecule has 0 spiro atoms. The monoisotopic (exact) mass is 210 g/mol. The molecule has 0 aromatic carbocycles. The lowest BCUT2D eigenvalue weighted by Gasteiger charge is -2.12. The van der Waals surface area contributed by atoms with E-state index in [0.29, 0.717) is 12.1 Å². The summed E-state index contributed by atoms with van der Waals surface area (Å²) in [6.07, 6.45) is 5.71. The fourth-order valence-corrected chi connectivity index (χ4v) is 2.06. The lowest BCUT2D eigenvalue weighted by atomic mass is 10.2. The van der Waals surface area contributed by atoms with Gasteiger partial charge in [0.2, 0.25) is 0 Å². The van der Waals surface area contributed by atoms with Crippen molar-refractivity contribution in [3.63, 3.8) is 0 Å². The van der Waals surface area contributed by atoms with Gasteiger partial charge in [-0.3, -0.25) is 4.68 Å². The largest absolute Gasteiger partial charge is 0.381 e. The summed E-state index contributed by atoms with van der Waals surface area (Å²) in [6, 6.07) is 0.574. The summed E-state index contributed by atoms with van der Waals surface area (Å²) in [5.41, 5.74) is 1.12. The van der Waals surface area contributed by atoms with Gasteiger partial charge in [0.1, 0.15) is 0 Å². The van der Waals surface area contributed by atoms with E-state index in [1.165, 1.54) is 6.42 Å². The summed E-state index contributed by atoms with van der Waals surface area (Å²) < 4.78 is 7.13. The van der Waals surface area contributed by atoms with Crippen LogP contribution in [0.3, 0.4) is 0 Å². The Bertz CT molecular complexity index is 312. The zero-order chi connectivity index (χ0) is 10.7. The van der Waals surface area contributed by atoms with Crippen molar-refractivity contribution in [2.75, 3.05) is 7.11 Å². The van der Waals surface area contributed by atoms with Crippen LogP contribution in [-0.2, 0) is 18.3 Å². The maximum Gasteiger partial charge on any atom is 0.0738 e. The molecular formula is C10H18N4O. The minimum absolute atomic E-state index is 0.437. The number of aromatic nitrogens is 3. The highest BCUT2D eigenvalue weighted by atomic mass is 16.5. The Kier molecular flexibility index (Phi) is 3.33. The third kappa shape index (κ3) is 2.54. The predicted molar refractivity (Wildman–Crippen MR) is 56.3 cm³/mol. The van der Waals surface area contributed by atoms with E-state index in [1.54, 1.807) is 18.0 Å². The number of aryl methyl sites for hydroxylation is 1. The molecular weight excluding hydrogens is 192 g/mol. The fourth-order valence-electron chi connectivity index (χ4n) is 2.06. The molecule has 0 bridgehead atoms. The van der Waals surface area contributed by atoms with Crippen molar-refractivity contribution < 1.29 is 4.74 Å². The Hall–Kier alpha value is -0.940. The second kappa shape index (κ2) is 4.72. The van der Waals surface area contributed by atoms with E-state index in [2.05, 4.69) is 15.6 Å². The molecule has 5 nitrogen and oxygen atoms in total. The molecule has 1 aromatic heterocycles. The van der Waals surface area contributed by atoms with Gasteiger partial charge in [-0.1, -0.05) is 5.21 Å². The highest BCUT2D eigenvalue weighted by Crippen LogP contribution is 2.21. The lowest BCUT2D eigenvalue weighted by molar-refractivity contribution is 0.107. The zero-order valence-corrected chi connectivity index (χ0v) is 9.31. The minimum atomic E-state index is 0.437. The van der Waals surface area contributed by atoms with Crippen LogP contribution in [0.25, 0.3) is 0 Å². The maximum absolute atomic E-state index is 5.33. The maximum atomic E-state index is 5.33. The Morgan fingerprint density at radius 3 is 3.07 bits per heavy atom. The number of rotatable bonds is 4. The molecule has 1 aliphatic rings. The Balaban J connectivity index is 1.77. The average Bonchev–Trinajstić information content (AvgIpc) is 2.84. The first-order chi connectivity index (χ1) is 7.29. The van der Waals surface area contributed by atoms with Crippen molar-refractivity contribution in [3.05, 3.63) is 11.9 Å². The first kappa shape index (κ1) is 10.6. The molecule has 5 heteroatoms. The van der Waals surface area contributed by atoms with E-state index >= 15 is 0 Å². The first-order valence-electron chi connectivity index (χ1n) is 5.39. The molecule has 0 amide bonds. The van der Waals surface area contributed by atoms with E-state index in [-0.39, 0.29) is 0 Å². The summed E-state index contributed by atoms with van der Waals surface area (Å²) in [4.78, 5) is 0. The van der Waals surface area contributed by atoms with Crippen molar-refractivity contribution in [2.24, 2.45) is 7.05 Å². The normalized spacial score (nSPS) is 26.0. The smallest absolute Gasteiger partial charge is 0.0738 e. The number of ether oxygens (including phenoxy) is 1. The van der Waals surface area contributed by atoms with E-state index in [1.807, 2.05) is 7.05 Å². The van der Waals surface area contributed by atoms with Gasteiger partial charge in [-0.2, -0.15) is 0 Å². The predicted octanol–water partition coefficient (Wildman–Crippen LogP) is 0.472. The Labute approximate surface area is 89.8 Å². The van der Waals surface area contributed by atoms with Gasteiger partial charge < -0.3 is 10.1 Å². The van der Waals surface area contributed by atoms with Crippen LogP contribution in [0, 0.1) is 0 Å². The highest BCUT2D eigenvalue weighted by Gasteiger charge is 2.23. The summed E-state index contributed by atoms with van der Waals surface area (Å²) in [6.45, 7) is 0.838. The van der Waals surface area contributed by atoms with Crippen molar-refractivity contribution in [2.45, 2.75) is 38.0 Å². The van der Waals surface area contributed by atoms with Crippen LogP contribution in [0.5, 0.6) is 0 Å². The molecule has 84 valence electrons. The third-order valence-corrected chi connectivity index (χ3v) is 3.10. The van der Waals surface area contributed by atoms with E-state index in [9.17, 15) is 0 Å². The molecule has 1 fully saturated rings. The van der Waals surface area contributed by atoms with Gasteiger partial charge in [0.25, 0.3) is 0 Å². The molecule has 1 saturated carbocycles. The van der Waals surface area contributed by atoms with Crippen molar-refractivity contribution in [1.82, 2.24) is 20.3 Å². The lowest BCUT2D eigenvalue weighted by Crippen LogP contribution is -2.27. The number of hydrogen-bond acceptors (Lipinski definition) is 4. The van der Waals surface area contributed by atoms with Crippen molar-refractivity contribution in [3.8, 4) is 0 Å². The third-order valence-electron chi connectivity index (χ3n) is 3.10. The summed E-state index contributed by atoms with van der Waals surface area (Å²) >= 11 is 0. The molecule has 2 rings (SSSR count). The average molecular weight is 210 g/mol. The molecule has 2 unspecified atom stereocenters. The molecule has 1 N–H and O–H groups in total. The molecule has 1 aromatic rings. The summed E-state index contributed by atoms with van der Waals surface area (Å²) in [5, 5.41) is 11.2. The SMILES string of the molecule is COC1CCC(NCc2cnnn2C)C1. The van der Waals surface area contributed by atoms with Crippen LogP contribution in [-0.4, -0.2) is 34.2 Å². The Morgan fingerprint density at radius 1 is 1.60 bits per heavy atom. The van der Waals surface area contributed by atoms with Crippen molar-refractivity contribution in [1.29, 1.82) is 0 Å². The van der Waals surface area contributed by atoms with Gasteiger partial charge in [-0.15, -0.1) is 5.10 Å². The van der Waals surface area contributed by atoms with E-state index < -0.39 is 0 Å². The minimum Gasteiger partial charge on any atom is -0.381 e. The topological polar surface area (TPSA) is 52.0 Å². The second-order valence-electron chi connectivity index (χ2n) is 4.10. The zero-order valence-electron chi connectivity index (χ0n) is 9.31. The Morgan fingerprint density at radius 2 is 2.47 bits per heavy atom. The van der Waals surface area contributed by atoms with E-state index in [0.717, 1.165) is 25.1 Å². The van der Waals surface area contributed by atoms with Crippen LogP contribution >= 0.6 is 0 Å². The molecule has 0 saturated heterocycles. The summed E-state index contributed by atoms with van der Waals surface area (Å²) in [5.74, 6) is 0. The van der Waals surface area contributed by atoms with Crippen LogP contribution < -0.4 is 5.32 Å². The second-order valence-corrected chi connectivity index (χ2v) is 4.10. The van der Waals surface area contributed by atoms with Gasteiger partial charge >= 0.3 is 0 Å². The quantitative estimate of drug-likeness (QED) is 0.785. The number of nitrogens with one attached hydrogen (secondary N) is 1. The van der Waals surface area contributed by atoms with Gasteiger partial charge in [-0.05, 0) is 19.3 Å². The van der Waals surface area contributed by atoms with Gasteiger partial charge in [0.05, 0.1) is 18.0 Å². The van der Waals surface area contributed by atoms with Crippen LogP contribution in [0.15, 0.2) is 6.20 Å². The number of methoxy groups -OCH3 is 1. The first-order valence-corrected chi connectivity index (χ1v) is 5.39. The van der Waals surface area contributed by atoms with Crippen LogP contribution in [0.4, 0.5) is 0 Å². The number of nitrogens with zero attached hydrogens (tertiary/aromatic N) is 3. The molecule has 0 radical (unpaired) electrons. The highest BCUT2D eigenvalue weighted by molar-refractivity contribution is 4.94.